The third-order valence-electron chi connectivity index (χ3n) is 9.94. The molecule has 0 aliphatic carbocycles. The lowest BCUT2D eigenvalue weighted by molar-refractivity contribution is 0.0489. The summed E-state index contributed by atoms with van der Waals surface area (Å²) in [7, 11) is 0. The summed E-state index contributed by atoms with van der Waals surface area (Å²) in [5, 5.41) is 2.31. The molecule has 2 atom stereocenters. The van der Waals surface area contributed by atoms with Crippen molar-refractivity contribution >= 4 is 22.7 Å². The lowest BCUT2D eigenvalue weighted by Crippen LogP contribution is -2.32. The maximum absolute atomic E-state index is 5.88. The molecule has 0 bridgehead atoms. The number of ether oxygens (including phenoxy) is 2. The highest BCUT2D eigenvalue weighted by Gasteiger charge is 2.39. The van der Waals surface area contributed by atoms with Crippen LogP contribution in [0.25, 0.3) is 0 Å². The van der Waals surface area contributed by atoms with Gasteiger partial charge in [0.2, 0.25) is 0 Å². The third-order valence-corrected chi connectivity index (χ3v) is 11.9. The first kappa shape index (κ1) is 36.8. The zero-order valence-corrected chi connectivity index (χ0v) is 31.3. The lowest BCUT2D eigenvalue weighted by atomic mass is 9.82. The zero-order chi connectivity index (χ0) is 33.7. The quantitative estimate of drug-likeness (QED) is 0.118. The van der Waals surface area contributed by atoms with E-state index >= 15 is 0 Å². The Labute approximate surface area is 297 Å². The number of hydrogen-bond donors (Lipinski definition) is 0. The Kier molecular flexibility index (Phi) is 14.2. The molecule has 0 amide bonds. The van der Waals surface area contributed by atoms with Gasteiger partial charge >= 0.3 is 0 Å². The summed E-state index contributed by atoms with van der Waals surface area (Å²) in [4.78, 5) is 17.9. The molecule has 0 radical (unpaired) electrons. The fraction of sp³-hybridized carbons (Fsp3) is 0.550. The predicted octanol–water partition coefficient (Wildman–Crippen LogP) is 8.63. The van der Waals surface area contributed by atoms with E-state index in [1.54, 1.807) is 0 Å². The van der Waals surface area contributed by atoms with Crippen molar-refractivity contribution in [2.75, 3.05) is 52.6 Å². The minimum absolute atomic E-state index is 0.300. The predicted molar refractivity (Wildman–Crippen MR) is 201 cm³/mol. The van der Waals surface area contributed by atoms with Gasteiger partial charge in [-0.25, -0.2) is 0 Å². The maximum Gasteiger partial charge on any atom is 0.0535 e. The van der Waals surface area contributed by atoms with Gasteiger partial charge in [0.15, 0.2) is 0 Å². The second-order valence-electron chi connectivity index (χ2n) is 14.0. The third kappa shape index (κ3) is 11.3. The summed E-state index contributed by atoms with van der Waals surface area (Å²) in [5.41, 5.74) is 4.69. The van der Waals surface area contributed by atoms with Crippen molar-refractivity contribution < 1.29 is 9.47 Å². The number of aryl methyl sites for hydroxylation is 4. The highest BCUT2D eigenvalue weighted by molar-refractivity contribution is 7.11. The molecule has 2 aliphatic heterocycles. The molecule has 4 aromatic heterocycles. The number of pyridine rings is 2. The van der Waals surface area contributed by atoms with Gasteiger partial charge in [-0.15, -0.1) is 22.7 Å². The van der Waals surface area contributed by atoms with Gasteiger partial charge in [-0.3, -0.25) is 19.8 Å². The summed E-state index contributed by atoms with van der Waals surface area (Å²) >= 11 is 3.79. The summed E-state index contributed by atoms with van der Waals surface area (Å²) in [6, 6.07) is 15.3. The van der Waals surface area contributed by atoms with Crippen LogP contribution in [0, 0.1) is 24.7 Å². The normalized spacial score (nSPS) is 21.4. The maximum atomic E-state index is 5.88. The molecule has 2 aliphatic rings. The van der Waals surface area contributed by atoms with E-state index in [0.717, 1.165) is 72.1 Å². The average Bonchev–Trinajstić information content (AvgIpc) is 3.91. The fourth-order valence-corrected chi connectivity index (χ4v) is 8.93. The average molecular weight is 689 g/mol. The van der Waals surface area contributed by atoms with Crippen molar-refractivity contribution in [3.8, 4) is 0 Å². The largest absolute Gasteiger partial charge is 0.381 e. The standard InChI is InChI=1S/2C20H28N2OS/c1-3-23-16-20(9-8-19-7-6-17(2)24-19)10-12-22(15-20)14-18-5-4-11-21-13-18;1-3-23-16-20(7-6-18-11-17(2)24-14-18)8-10-22(15-20)13-19-5-4-9-21-12-19/h4-7,11,13H,3,8-10,12,14-16H2,1-2H3;4-5,9,11-12,14H,3,6-8,10,13,15-16H2,1-2H3/t2*20-/m11/s1. The van der Waals surface area contributed by atoms with E-state index in [-0.39, 0.29) is 0 Å². The molecule has 2 saturated heterocycles. The molecule has 6 heterocycles. The molecule has 0 saturated carbocycles. The minimum atomic E-state index is 0.300. The van der Waals surface area contributed by atoms with E-state index < -0.39 is 0 Å². The molecular formula is C40H56N4O2S2. The van der Waals surface area contributed by atoms with Crippen molar-refractivity contribution in [1.29, 1.82) is 0 Å². The number of rotatable bonds is 16. The topological polar surface area (TPSA) is 50.7 Å². The van der Waals surface area contributed by atoms with Gasteiger partial charge in [0.25, 0.3) is 0 Å². The molecule has 2 fully saturated rings. The van der Waals surface area contributed by atoms with Gasteiger partial charge in [0, 0.05) is 89.6 Å². The van der Waals surface area contributed by atoms with Crippen LogP contribution >= 0.6 is 22.7 Å². The van der Waals surface area contributed by atoms with Crippen molar-refractivity contribution in [3.05, 3.63) is 104 Å². The van der Waals surface area contributed by atoms with Gasteiger partial charge < -0.3 is 9.47 Å². The van der Waals surface area contributed by atoms with Crippen LogP contribution in [0.5, 0.6) is 0 Å². The van der Waals surface area contributed by atoms with E-state index in [0.29, 0.717) is 10.8 Å². The van der Waals surface area contributed by atoms with Crippen LogP contribution in [0.4, 0.5) is 0 Å². The minimum Gasteiger partial charge on any atom is -0.381 e. The summed E-state index contributed by atoms with van der Waals surface area (Å²) in [6.07, 6.45) is 14.9. The Morgan fingerprint density at radius 2 is 1.31 bits per heavy atom. The lowest BCUT2D eigenvalue weighted by Gasteiger charge is -2.29. The van der Waals surface area contributed by atoms with E-state index in [9.17, 15) is 0 Å². The van der Waals surface area contributed by atoms with E-state index in [2.05, 4.69) is 83.2 Å². The monoisotopic (exact) mass is 688 g/mol. The van der Waals surface area contributed by atoms with Crippen LogP contribution in [0.1, 0.15) is 70.9 Å². The van der Waals surface area contributed by atoms with Gasteiger partial charge in [0.05, 0.1) is 13.2 Å². The van der Waals surface area contributed by atoms with Gasteiger partial charge in [-0.2, -0.15) is 0 Å². The number of thiophene rings is 2. The molecule has 0 aromatic carbocycles. The summed E-state index contributed by atoms with van der Waals surface area (Å²) in [5.74, 6) is 0. The van der Waals surface area contributed by atoms with E-state index in [4.69, 9.17) is 9.47 Å². The van der Waals surface area contributed by atoms with Crippen LogP contribution in [0.2, 0.25) is 0 Å². The second-order valence-corrected chi connectivity index (χ2v) is 16.5. The molecular weight excluding hydrogens is 633 g/mol. The SMILES string of the molecule is CCOC[C@]1(CCc2ccc(C)s2)CCN(Cc2cccnc2)C1.CCOC[C@]1(CCc2csc(C)c2)CCN(Cc2cccnc2)C1. The highest BCUT2D eigenvalue weighted by atomic mass is 32.1. The number of hydrogen-bond acceptors (Lipinski definition) is 8. The summed E-state index contributed by atoms with van der Waals surface area (Å²) in [6.45, 7) is 18.5. The Morgan fingerprint density at radius 3 is 1.77 bits per heavy atom. The van der Waals surface area contributed by atoms with Crippen LogP contribution in [0.15, 0.2) is 72.6 Å². The Hall–Kier alpha value is -2.46. The molecule has 0 N–H and O–H groups in total. The van der Waals surface area contributed by atoms with Crippen molar-refractivity contribution in [1.82, 2.24) is 19.8 Å². The second kappa shape index (κ2) is 18.5. The van der Waals surface area contributed by atoms with Gasteiger partial charge in [-0.1, -0.05) is 12.1 Å². The molecule has 4 aromatic rings. The molecule has 6 nitrogen and oxygen atoms in total. The van der Waals surface area contributed by atoms with E-state index in [1.807, 2.05) is 59.6 Å². The van der Waals surface area contributed by atoms with Crippen LogP contribution in [0.3, 0.4) is 0 Å². The molecule has 0 unspecified atom stereocenters. The first-order chi connectivity index (χ1) is 23.4. The number of nitrogens with zero attached hydrogens (tertiary/aromatic N) is 4. The van der Waals surface area contributed by atoms with Gasteiger partial charge in [-0.05, 0) is 132 Å². The van der Waals surface area contributed by atoms with E-state index in [1.165, 1.54) is 63.4 Å². The Balaban J connectivity index is 0.000000188. The van der Waals surface area contributed by atoms with Crippen LogP contribution < -0.4 is 0 Å². The van der Waals surface area contributed by atoms with Crippen molar-refractivity contribution in [3.63, 3.8) is 0 Å². The number of likely N-dealkylation sites (tertiary alicyclic amines) is 2. The van der Waals surface area contributed by atoms with Crippen molar-refractivity contribution in [2.45, 2.75) is 79.3 Å². The highest BCUT2D eigenvalue weighted by Crippen LogP contribution is 2.38. The molecule has 48 heavy (non-hydrogen) atoms. The molecule has 6 rings (SSSR count). The zero-order valence-electron chi connectivity index (χ0n) is 29.7. The van der Waals surface area contributed by atoms with Crippen molar-refractivity contribution in [2.24, 2.45) is 10.8 Å². The smallest absolute Gasteiger partial charge is 0.0535 e. The van der Waals surface area contributed by atoms with Crippen LogP contribution in [-0.4, -0.2) is 72.4 Å². The van der Waals surface area contributed by atoms with Gasteiger partial charge in [0.1, 0.15) is 0 Å². The molecule has 260 valence electrons. The first-order valence-corrected chi connectivity index (χ1v) is 19.6. The molecule has 0 spiro atoms. The summed E-state index contributed by atoms with van der Waals surface area (Å²) < 4.78 is 11.8. The number of aromatic nitrogens is 2. The molecule has 8 heteroatoms. The Bertz CT molecular complexity index is 1370. The fourth-order valence-electron chi connectivity index (χ4n) is 7.30. The first-order valence-electron chi connectivity index (χ1n) is 17.9. The van der Waals surface area contributed by atoms with Crippen LogP contribution in [-0.2, 0) is 35.4 Å². The Morgan fingerprint density at radius 1 is 0.729 bits per heavy atom.